The fourth-order valence-corrected chi connectivity index (χ4v) is 1.58. The lowest BCUT2D eigenvalue weighted by atomic mass is 10.2. The molecular weight excluding hydrogens is 196 g/mol. The summed E-state index contributed by atoms with van der Waals surface area (Å²) in [5, 5.41) is 2.77. The number of carbonyl (C=O) groups is 2. The first-order valence-electron chi connectivity index (χ1n) is 5.21. The van der Waals surface area contributed by atoms with E-state index in [1.807, 2.05) is 0 Å². The van der Waals surface area contributed by atoms with Crippen molar-refractivity contribution >= 4 is 11.8 Å². The standard InChI is InChI=1S/C9H18N4O2/c10-12-8(14)3-1-2-5-13-6-4-11-9(15)7-13/h1-7,10H2,(H,11,15)(H,12,14). The van der Waals surface area contributed by atoms with Gasteiger partial charge in [-0.05, 0) is 19.4 Å². The lowest BCUT2D eigenvalue weighted by Gasteiger charge is -2.26. The number of piperazine rings is 1. The van der Waals surface area contributed by atoms with Crippen LogP contribution in [-0.4, -0.2) is 42.9 Å². The second kappa shape index (κ2) is 6.36. The summed E-state index contributed by atoms with van der Waals surface area (Å²) >= 11 is 0. The minimum absolute atomic E-state index is 0.0842. The molecule has 1 heterocycles. The molecule has 0 bridgehead atoms. The molecule has 86 valence electrons. The summed E-state index contributed by atoms with van der Waals surface area (Å²) in [5.41, 5.74) is 2.09. The fraction of sp³-hybridized carbons (Fsp3) is 0.778. The molecule has 0 aliphatic carbocycles. The molecule has 1 fully saturated rings. The van der Waals surface area contributed by atoms with Gasteiger partial charge in [-0.25, -0.2) is 5.84 Å². The number of amides is 2. The summed E-state index contributed by atoms with van der Waals surface area (Å²) in [7, 11) is 0. The Kier molecular flexibility index (Phi) is 5.06. The van der Waals surface area contributed by atoms with Crippen molar-refractivity contribution in [3.05, 3.63) is 0 Å². The zero-order valence-electron chi connectivity index (χ0n) is 8.79. The van der Waals surface area contributed by atoms with Crippen molar-refractivity contribution in [2.24, 2.45) is 5.84 Å². The zero-order valence-corrected chi connectivity index (χ0v) is 8.79. The maximum atomic E-state index is 11.0. The highest BCUT2D eigenvalue weighted by molar-refractivity contribution is 5.78. The average molecular weight is 214 g/mol. The first-order valence-corrected chi connectivity index (χ1v) is 5.21. The minimum Gasteiger partial charge on any atom is -0.354 e. The molecule has 0 aromatic carbocycles. The van der Waals surface area contributed by atoms with E-state index in [0.717, 1.165) is 32.5 Å². The Balaban J connectivity index is 2.04. The molecule has 6 nitrogen and oxygen atoms in total. The van der Waals surface area contributed by atoms with Crippen molar-refractivity contribution in [2.75, 3.05) is 26.2 Å². The van der Waals surface area contributed by atoms with Crippen LogP contribution >= 0.6 is 0 Å². The average Bonchev–Trinajstić information content (AvgIpc) is 2.24. The van der Waals surface area contributed by atoms with E-state index in [-0.39, 0.29) is 11.8 Å². The van der Waals surface area contributed by atoms with Gasteiger partial charge in [0.2, 0.25) is 11.8 Å². The summed E-state index contributed by atoms with van der Waals surface area (Å²) in [6.45, 7) is 2.96. The molecular formula is C9H18N4O2. The van der Waals surface area contributed by atoms with Gasteiger partial charge in [0.25, 0.3) is 0 Å². The predicted molar refractivity (Wildman–Crippen MR) is 55.6 cm³/mol. The number of unbranched alkanes of at least 4 members (excludes halogenated alkanes) is 1. The van der Waals surface area contributed by atoms with Gasteiger partial charge in [0.1, 0.15) is 0 Å². The predicted octanol–water partition coefficient (Wildman–Crippen LogP) is -1.42. The van der Waals surface area contributed by atoms with E-state index in [9.17, 15) is 9.59 Å². The lowest BCUT2D eigenvalue weighted by molar-refractivity contribution is -0.124. The van der Waals surface area contributed by atoms with Gasteiger partial charge in [0, 0.05) is 19.5 Å². The normalized spacial score (nSPS) is 17.3. The van der Waals surface area contributed by atoms with Crippen molar-refractivity contribution in [1.82, 2.24) is 15.6 Å². The molecule has 0 spiro atoms. The quantitative estimate of drug-likeness (QED) is 0.227. The summed E-state index contributed by atoms with van der Waals surface area (Å²) in [4.78, 5) is 23.9. The SMILES string of the molecule is NNC(=O)CCCCN1CCNC(=O)C1. The second-order valence-electron chi connectivity index (χ2n) is 3.65. The highest BCUT2D eigenvalue weighted by atomic mass is 16.2. The van der Waals surface area contributed by atoms with Crippen LogP contribution < -0.4 is 16.6 Å². The fourth-order valence-electron chi connectivity index (χ4n) is 1.58. The number of hydrogen-bond donors (Lipinski definition) is 3. The Bertz CT molecular complexity index is 232. The number of nitrogens with one attached hydrogen (secondary N) is 2. The first-order chi connectivity index (χ1) is 7.22. The first kappa shape index (κ1) is 11.9. The maximum absolute atomic E-state index is 11.0. The molecule has 0 radical (unpaired) electrons. The molecule has 1 aliphatic heterocycles. The molecule has 2 amide bonds. The van der Waals surface area contributed by atoms with E-state index >= 15 is 0 Å². The molecule has 1 saturated heterocycles. The van der Waals surface area contributed by atoms with Gasteiger partial charge in [-0.2, -0.15) is 0 Å². The third-order valence-electron chi connectivity index (χ3n) is 2.41. The van der Waals surface area contributed by atoms with Crippen molar-refractivity contribution < 1.29 is 9.59 Å². The molecule has 6 heteroatoms. The van der Waals surface area contributed by atoms with Gasteiger partial charge in [0.15, 0.2) is 0 Å². The van der Waals surface area contributed by atoms with Gasteiger partial charge in [-0.15, -0.1) is 0 Å². The van der Waals surface area contributed by atoms with Gasteiger partial charge in [0.05, 0.1) is 6.54 Å². The van der Waals surface area contributed by atoms with Gasteiger partial charge in [-0.1, -0.05) is 0 Å². The van der Waals surface area contributed by atoms with E-state index in [4.69, 9.17) is 5.84 Å². The number of hydrogen-bond acceptors (Lipinski definition) is 4. The Morgan fingerprint density at radius 1 is 1.53 bits per heavy atom. The van der Waals surface area contributed by atoms with Crippen molar-refractivity contribution in [3.8, 4) is 0 Å². The number of nitrogens with zero attached hydrogens (tertiary/aromatic N) is 1. The number of hydrazine groups is 1. The summed E-state index contributed by atoms with van der Waals surface area (Å²) in [6.07, 6.45) is 2.18. The topological polar surface area (TPSA) is 87.5 Å². The third-order valence-corrected chi connectivity index (χ3v) is 2.41. The molecule has 0 saturated carbocycles. The molecule has 15 heavy (non-hydrogen) atoms. The highest BCUT2D eigenvalue weighted by Crippen LogP contribution is 2.00. The molecule has 1 aliphatic rings. The van der Waals surface area contributed by atoms with Gasteiger partial charge < -0.3 is 5.32 Å². The van der Waals surface area contributed by atoms with E-state index in [1.165, 1.54) is 0 Å². The molecule has 1 rings (SSSR count). The molecule has 0 aromatic rings. The monoisotopic (exact) mass is 214 g/mol. The van der Waals surface area contributed by atoms with Crippen LogP contribution in [0.25, 0.3) is 0 Å². The molecule has 0 unspecified atom stereocenters. The van der Waals surface area contributed by atoms with Crippen molar-refractivity contribution in [1.29, 1.82) is 0 Å². The second-order valence-corrected chi connectivity index (χ2v) is 3.65. The Morgan fingerprint density at radius 3 is 3.00 bits per heavy atom. The van der Waals surface area contributed by atoms with Gasteiger partial charge in [-0.3, -0.25) is 19.9 Å². The van der Waals surface area contributed by atoms with Crippen LogP contribution in [-0.2, 0) is 9.59 Å². The Hall–Kier alpha value is -1.14. The van der Waals surface area contributed by atoms with Crippen LogP contribution in [0.5, 0.6) is 0 Å². The summed E-state index contributed by atoms with van der Waals surface area (Å²) in [5.74, 6) is 4.90. The summed E-state index contributed by atoms with van der Waals surface area (Å²) < 4.78 is 0. The maximum Gasteiger partial charge on any atom is 0.234 e. The largest absolute Gasteiger partial charge is 0.354 e. The van der Waals surface area contributed by atoms with E-state index in [2.05, 4.69) is 15.6 Å². The number of nitrogens with two attached hydrogens (primary N) is 1. The molecule has 0 atom stereocenters. The van der Waals surface area contributed by atoms with Crippen LogP contribution in [0.4, 0.5) is 0 Å². The van der Waals surface area contributed by atoms with Crippen LogP contribution in [0.3, 0.4) is 0 Å². The number of rotatable bonds is 5. The van der Waals surface area contributed by atoms with E-state index in [1.54, 1.807) is 0 Å². The smallest absolute Gasteiger partial charge is 0.234 e. The van der Waals surface area contributed by atoms with Crippen LogP contribution in [0, 0.1) is 0 Å². The zero-order chi connectivity index (χ0) is 11.1. The third kappa shape index (κ3) is 4.75. The van der Waals surface area contributed by atoms with Crippen LogP contribution in [0.15, 0.2) is 0 Å². The lowest BCUT2D eigenvalue weighted by Crippen LogP contribution is -2.47. The van der Waals surface area contributed by atoms with Gasteiger partial charge >= 0.3 is 0 Å². The number of carbonyl (C=O) groups excluding carboxylic acids is 2. The van der Waals surface area contributed by atoms with E-state index in [0.29, 0.717) is 13.0 Å². The van der Waals surface area contributed by atoms with Crippen LogP contribution in [0.2, 0.25) is 0 Å². The minimum atomic E-state index is -0.133. The van der Waals surface area contributed by atoms with Crippen LogP contribution in [0.1, 0.15) is 19.3 Å². The summed E-state index contributed by atoms with van der Waals surface area (Å²) in [6, 6.07) is 0. The van der Waals surface area contributed by atoms with E-state index < -0.39 is 0 Å². The molecule has 0 aromatic heterocycles. The Morgan fingerprint density at radius 2 is 2.33 bits per heavy atom. The molecule has 4 N–H and O–H groups in total. The Labute approximate surface area is 89.1 Å². The highest BCUT2D eigenvalue weighted by Gasteiger charge is 2.14. The van der Waals surface area contributed by atoms with Crippen molar-refractivity contribution in [2.45, 2.75) is 19.3 Å². The van der Waals surface area contributed by atoms with Crippen molar-refractivity contribution in [3.63, 3.8) is 0 Å².